The SMILES string of the molecule is CCc1cc(C(=O)O)c(=O)[nH]c1-c1ccc(N(C)C)s1. The summed E-state index contributed by atoms with van der Waals surface area (Å²) >= 11 is 1.55. The van der Waals surface area contributed by atoms with Crippen molar-refractivity contribution in [3.05, 3.63) is 39.7 Å². The zero-order valence-electron chi connectivity index (χ0n) is 11.6. The first kappa shape index (κ1) is 14.3. The summed E-state index contributed by atoms with van der Waals surface area (Å²) in [6.45, 7) is 1.93. The van der Waals surface area contributed by atoms with Crippen LogP contribution in [-0.4, -0.2) is 30.2 Å². The summed E-state index contributed by atoms with van der Waals surface area (Å²) in [5.41, 5.74) is 0.759. The Kier molecular flexibility index (Phi) is 3.94. The van der Waals surface area contributed by atoms with E-state index in [9.17, 15) is 9.59 Å². The molecular weight excluding hydrogens is 276 g/mol. The molecule has 2 heterocycles. The van der Waals surface area contributed by atoms with Gasteiger partial charge in [-0.25, -0.2) is 4.79 Å². The van der Waals surface area contributed by atoms with E-state index in [1.165, 1.54) is 6.07 Å². The van der Waals surface area contributed by atoms with E-state index in [-0.39, 0.29) is 5.56 Å². The number of rotatable bonds is 4. The molecule has 0 unspecified atom stereocenters. The molecule has 0 aliphatic heterocycles. The maximum Gasteiger partial charge on any atom is 0.341 e. The van der Waals surface area contributed by atoms with Gasteiger partial charge in [0.25, 0.3) is 5.56 Å². The van der Waals surface area contributed by atoms with E-state index in [1.54, 1.807) is 11.3 Å². The quantitative estimate of drug-likeness (QED) is 0.907. The fourth-order valence-corrected chi connectivity index (χ4v) is 2.90. The molecule has 0 saturated carbocycles. The average molecular weight is 292 g/mol. The number of pyridine rings is 1. The molecule has 0 bridgehead atoms. The van der Waals surface area contributed by atoms with E-state index in [1.807, 2.05) is 38.1 Å². The number of anilines is 1. The minimum Gasteiger partial charge on any atom is -0.477 e. The number of aromatic amines is 1. The van der Waals surface area contributed by atoms with Crippen LogP contribution in [0.4, 0.5) is 5.00 Å². The number of aryl methyl sites for hydroxylation is 1. The molecule has 0 saturated heterocycles. The van der Waals surface area contributed by atoms with Gasteiger partial charge in [-0.05, 0) is 30.2 Å². The highest BCUT2D eigenvalue weighted by molar-refractivity contribution is 7.19. The number of hydrogen-bond donors (Lipinski definition) is 2. The normalized spacial score (nSPS) is 10.6. The van der Waals surface area contributed by atoms with E-state index < -0.39 is 11.5 Å². The molecule has 2 aromatic heterocycles. The minimum atomic E-state index is -1.20. The van der Waals surface area contributed by atoms with Gasteiger partial charge < -0.3 is 15.0 Å². The molecule has 2 aromatic rings. The van der Waals surface area contributed by atoms with Gasteiger partial charge >= 0.3 is 5.97 Å². The van der Waals surface area contributed by atoms with E-state index in [4.69, 9.17) is 5.11 Å². The maximum absolute atomic E-state index is 11.8. The Bertz CT molecular complexity index is 701. The Balaban J connectivity index is 2.58. The van der Waals surface area contributed by atoms with Crippen LogP contribution in [0, 0.1) is 0 Å². The molecule has 0 atom stereocenters. The lowest BCUT2D eigenvalue weighted by molar-refractivity contribution is 0.0695. The molecule has 20 heavy (non-hydrogen) atoms. The van der Waals surface area contributed by atoms with Crippen LogP contribution in [0.15, 0.2) is 23.0 Å². The van der Waals surface area contributed by atoms with Crippen LogP contribution >= 0.6 is 11.3 Å². The number of aromatic carboxylic acids is 1. The number of H-pyrrole nitrogens is 1. The van der Waals surface area contributed by atoms with Crippen molar-refractivity contribution in [3.8, 4) is 10.6 Å². The first-order valence-corrected chi connectivity index (χ1v) is 7.02. The first-order valence-electron chi connectivity index (χ1n) is 6.21. The summed E-state index contributed by atoms with van der Waals surface area (Å²) in [6, 6.07) is 5.37. The van der Waals surface area contributed by atoms with Crippen LogP contribution < -0.4 is 10.5 Å². The van der Waals surface area contributed by atoms with E-state index in [0.717, 1.165) is 15.4 Å². The second-order valence-electron chi connectivity index (χ2n) is 4.60. The van der Waals surface area contributed by atoms with Crippen molar-refractivity contribution in [3.63, 3.8) is 0 Å². The molecule has 0 spiro atoms. The summed E-state index contributed by atoms with van der Waals surface area (Å²) in [6.07, 6.45) is 0.654. The highest BCUT2D eigenvalue weighted by atomic mass is 32.1. The van der Waals surface area contributed by atoms with Crippen LogP contribution in [-0.2, 0) is 6.42 Å². The van der Waals surface area contributed by atoms with Crippen LogP contribution in [0.3, 0.4) is 0 Å². The Hall–Kier alpha value is -2.08. The summed E-state index contributed by atoms with van der Waals surface area (Å²) < 4.78 is 0. The van der Waals surface area contributed by atoms with Crippen molar-refractivity contribution in [1.82, 2.24) is 4.98 Å². The first-order chi connectivity index (χ1) is 9.43. The van der Waals surface area contributed by atoms with Crippen molar-refractivity contribution in [2.24, 2.45) is 0 Å². The molecule has 2 rings (SSSR count). The van der Waals surface area contributed by atoms with Gasteiger partial charge in [0.15, 0.2) is 0 Å². The van der Waals surface area contributed by atoms with Gasteiger partial charge in [-0.3, -0.25) is 4.79 Å². The molecule has 2 N–H and O–H groups in total. The lowest BCUT2D eigenvalue weighted by atomic mass is 10.1. The Morgan fingerprint density at radius 3 is 2.60 bits per heavy atom. The fraction of sp³-hybridized carbons (Fsp3) is 0.286. The largest absolute Gasteiger partial charge is 0.477 e. The van der Waals surface area contributed by atoms with Crippen LogP contribution in [0.5, 0.6) is 0 Å². The smallest absolute Gasteiger partial charge is 0.341 e. The molecule has 0 aliphatic rings. The predicted octanol–water partition coefficient (Wildman–Crippen LogP) is 2.43. The zero-order chi connectivity index (χ0) is 14.9. The van der Waals surface area contributed by atoms with Gasteiger partial charge in [0.2, 0.25) is 0 Å². The number of nitrogens with one attached hydrogen (secondary N) is 1. The minimum absolute atomic E-state index is 0.213. The number of carbonyl (C=O) groups is 1. The Labute approximate surface area is 120 Å². The van der Waals surface area contributed by atoms with Crippen LogP contribution in [0.2, 0.25) is 0 Å². The Morgan fingerprint density at radius 1 is 1.40 bits per heavy atom. The van der Waals surface area contributed by atoms with Crippen molar-refractivity contribution in [2.75, 3.05) is 19.0 Å². The summed E-state index contributed by atoms with van der Waals surface area (Å²) in [5.74, 6) is -1.20. The fourth-order valence-electron chi connectivity index (χ4n) is 1.93. The number of nitrogens with zero attached hydrogens (tertiary/aromatic N) is 1. The topological polar surface area (TPSA) is 73.4 Å². The molecule has 0 fully saturated rings. The van der Waals surface area contributed by atoms with Gasteiger partial charge in [-0.1, -0.05) is 6.92 Å². The number of carboxylic acids is 1. The molecular formula is C14H16N2O3S. The third kappa shape index (κ3) is 2.60. The molecule has 106 valence electrons. The van der Waals surface area contributed by atoms with E-state index in [0.29, 0.717) is 12.1 Å². The lowest BCUT2D eigenvalue weighted by Gasteiger charge is -2.09. The lowest BCUT2D eigenvalue weighted by Crippen LogP contribution is -2.19. The van der Waals surface area contributed by atoms with Gasteiger partial charge in [-0.2, -0.15) is 0 Å². The number of hydrogen-bond acceptors (Lipinski definition) is 4. The summed E-state index contributed by atoms with van der Waals surface area (Å²) in [5, 5.41) is 10.1. The van der Waals surface area contributed by atoms with Gasteiger partial charge in [-0.15, -0.1) is 11.3 Å². The summed E-state index contributed by atoms with van der Waals surface area (Å²) in [4.78, 5) is 28.4. The molecule has 6 heteroatoms. The molecule has 0 aliphatic carbocycles. The number of thiophene rings is 1. The van der Waals surface area contributed by atoms with Crippen LogP contribution in [0.1, 0.15) is 22.8 Å². The van der Waals surface area contributed by atoms with Crippen LogP contribution in [0.25, 0.3) is 10.6 Å². The van der Waals surface area contributed by atoms with Crippen molar-refractivity contribution in [1.29, 1.82) is 0 Å². The second kappa shape index (κ2) is 5.50. The van der Waals surface area contributed by atoms with Crippen molar-refractivity contribution >= 4 is 22.3 Å². The van der Waals surface area contributed by atoms with E-state index >= 15 is 0 Å². The predicted molar refractivity (Wildman–Crippen MR) is 81.0 cm³/mol. The molecule has 0 aromatic carbocycles. The monoisotopic (exact) mass is 292 g/mol. The third-order valence-electron chi connectivity index (χ3n) is 3.01. The average Bonchev–Trinajstić information content (AvgIpc) is 2.87. The molecule has 0 radical (unpaired) electrons. The van der Waals surface area contributed by atoms with Gasteiger partial charge in [0, 0.05) is 14.1 Å². The van der Waals surface area contributed by atoms with E-state index in [2.05, 4.69) is 4.98 Å². The van der Waals surface area contributed by atoms with Crippen molar-refractivity contribution < 1.29 is 9.90 Å². The molecule has 0 amide bonds. The van der Waals surface area contributed by atoms with Crippen molar-refractivity contribution in [2.45, 2.75) is 13.3 Å². The number of carboxylic acid groups (broad SMARTS) is 1. The van der Waals surface area contributed by atoms with Gasteiger partial charge in [0.1, 0.15) is 5.56 Å². The maximum atomic E-state index is 11.8. The zero-order valence-corrected chi connectivity index (χ0v) is 12.4. The van der Waals surface area contributed by atoms with Gasteiger partial charge in [0.05, 0.1) is 15.6 Å². The highest BCUT2D eigenvalue weighted by Gasteiger charge is 2.15. The molecule has 5 nitrogen and oxygen atoms in total. The number of aromatic nitrogens is 1. The standard InChI is InChI=1S/C14H16N2O3S/c1-4-8-7-9(14(18)19)13(17)15-12(8)10-5-6-11(20-10)16(2)3/h5-7H,4H2,1-3H3,(H,15,17)(H,18,19). The highest BCUT2D eigenvalue weighted by Crippen LogP contribution is 2.33. The second-order valence-corrected chi connectivity index (χ2v) is 5.67. The summed E-state index contributed by atoms with van der Waals surface area (Å²) in [7, 11) is 3.90. The third-order valence-corrected chi connectivity index (χ3v) is 4.28. The Morgan fingerprint density at radius 2 is 2.10 bits per heavy atom.